The van der Waals surface area contributed by atoms with Gasteiger partial charge in [0.15, 0.2) is 0 Å². The van der Waals surface area contributed by atoms with Gasteiger partial charge < -0.3 is 14.2 Å². The number of benzene rings is 3. The van der Waals surface area contributed by atoms with Gasteiger partial charge in [0.1, 0.15) is 17.2 Å². The Bertz CT molecular complexity index is 1190. The molecule has 6 nitrogen and oxygen atoms in total. The van der Waals surface area contributed by atoms with Crippen LogP contribution in [0.15, 0.2) is 71.8 Å². The first kappa shape index (κ1) is 20.4. The number of methoxy groups -OCH3 is 2. The molecule has 0 aromatic heterocycles. The number of ether oxygens (including phenoxy) is 3. The highest BCUT2D eigenvalue weighted by molar-refractivity contribution is 6.30. The average molecular weight is 449 g/mol. The maximum atomic E-state index is 13.4. The van der Waals surface area contributed by atoms with Gasteiger partial charge in [0.25, 0.3) is 6.23 Å². The fourth-order valence-electron chi connectivity index (χ4n) is 4.09. The van der Waals surface area contributed by atoms with Crippen molar-refractivity contribution in [2.45, 2.75) is 18.7 Å². The van der Waals surface area contributed by atoms with Crippen molar-refractivity contribution in [1.29, 1.82) is 0 Å². The maximum Gasteiger partial charge on any atom is 0.251 e. The van der Waals surface area contributed by atoms with Crippen molar-refractivity contribution in [2.24, 2.45) is 5.10 Å². The normalized spacial score (nSPS) is 18.8. The molecule has 0 saturated carbocycles. The van der Waals surface area contributed by atoms with E-state index in [9.17, 15) is 4.79 Å². The van der Waals surface area contributed by atoms with Gasteiger partial charge in [-0.1, -0.05) is 11.6 Å². The summed E-state index contributed by atoms with van der Waals surface area (Å²) in [6.07, 6.45) is -0.243. The number of nitrogens with zero attached hydrogens (tertiary/aromatic N) is 2. The zero-order valence-electron chi connectivity index (χ0n) is 17.6. The number of fused-ring (bicyclic) bond motifs is 3. The maximum absolute atomic E-state index is 13.4. The summed E-state index contributed by atoms with van der Waals surface area (Å²) in [6, 6.07) is 20.0. The zero-order chi connectivity index (χ0) is 22.2. The predicted octanol–water partition coefficient (Wildman–Crippen LogP) is 5.11. The number of hydrogen-bond donors (Lipinski definition) is 0. The molecule has 0 fully saturated rings. The number of carbonyl (C=O) groups is 1. The van der Waals surface area contributed by atoms with Gasteiger partial charge >= 0.3 is 0 Å². The van der Waals surface area contributed by atoms with Crippen LogP contribution < -0.4 is 14.2 Å². The molecule has 0 amide bonds. The van der Waals surface area contributed by atoms with Crippen LogP contribution in [0.25, 0.3) is 0 Å². The Hall–Kier alpha value is -3.51. The molecular weight excluding hydrogens is 428 g/mol. The first-order valence-corrected chi connectivity index (χ1v) is 10.6. The average Bonchev–Trinajstić information content (AvgIpc) is 3.29. The Morgan fingerprint density at radius 3 is 2.31 bits per heavy atom. The van der Waals surface area contributed by atoms with Gasteiger partial charge in [-0.15, -0.1) is 0 Å². The quantitative estimate of drug-likeness (QED) is 0.507. The summed E-state index contributed by atoms with van der Waals surface area (Å²) in [5.74, 6) is 1.94. The lowest BCUT2D eigenvalue weighted by atomic mass is 9.95. The van der Waals surface area contributed by atoms with Crippen LogP contribution in [0, 0.1) is 0 Å². The lowest BCUT2D eigenvalue weighted by Gasteiger charge is -2.37. The summed E-state index contributed by atoms with van der Waals surface area (Å²) in [5.41, 5.74) is 3.30. The molecule has 2 atom stereocenters. The fraction of sp³-hybridized carbons (Fsp3) is 0.200. The molecule has 32 heavy (non-hydrogen) atoms. The smallest absolute Gasteiger partial charge is 0.251 e. The third kappa shape index (κ3) is 3.56. The lowest BCUT2D eigenvalue weighted by molar-refractivity contribution is -0.00455. The Labute approximate surface area is 191 Å². The molecule has 2 aliphatic heterocycles. The molecule has 162 valence electrons. The third-order valence-corrected chi connectivity index (χ3v) is 6.01. The fourth-order valence-corrected chi connectivity index (χ4v) is 4.27. The molecule has 2 heterocycles. The first-order chi connectivity index (χ1) is 15.6. The van der Waals surface area contributed by atoms with E-state index in [0.29, 0.717) is 28.5 Å². The van der Waals surface area contributed by atoms with Crippen LogP contribution in [0.2, 0.25) is 5.02 Å². The molecule has 0 spiro atoms. The van der Waals surface area contributed by atoms with Crippen LogP contribution in [0.1, 0.15) is 33.9 Å². The van der Waals surface area contributed by atoms with Crippen LogP contribution in [-0.2, 0) is 0 Å². The van der Waals surface area contributed by atoms with Crippen molar-refractivity contribution in [2.75, 3.05) is 14.2 Å². The van der Waals surface area contributed by atoms with Gasteiger partial charge in [-0.2, -0.15) is 5.10 Å². The largest absolute Gasteiger partial charge is 0.497 e. The molecule has 0 aliphatic carbocycles. The Kier molecular flexibility index (Phi) is 5.23. The molecular formula is C25H21ClN2O4. The van der Waals surface area contributed by atoms with Gasteiger partial charge in [-0.25, -0.2) is 5.01 Å². The summed E-state index contributed by atoms with van der Waals surface area (Å²) in [7, 11) is 3.23. The molecule has 0 N–H and O–H groups in total. The summed E-state index contributed by atoms with van der Waals surface area (Å²) < 4.78 is 16.6. The van der Waals surface area contributed by atoms with E-state index in [1.807, 2.05) is 36.4 Å². The molecule has 0 bridgehead atoms. The molecule has 3 aromatic carbocycles. The molecule has 0 saturated heterocycles. The van der Waals surface area contributed by atoms with E-state index in [4.69, 9.17) is 30.9 Å². The minimum absolute atomic E-state index is 0.151. The van der Waals surface area contributed by atoms with E-state index < -0.39 is 6.23 Å². The van der Waals surface area contributed by atoms with Gasteiger partial charge in [0.2, 0.25) is 5.78 Å². The molecule has 2 aliphatic rings. The SMILES string of the molecule is COc1ccc(C(=O)[C@@H]2Oc3ccc(Cl)cc3[C@@H]3CC(c4ccc(OC)cc4)=NN23)cc1. The van der Waals surface area contributed by atoms with Crippen LogP contribution in [0.5, 0.6) is 17.2 Å². The van der Waals surface area contributed by atoms with E-state index in [1.54, 1.807) is 49.6 Å². The number of carbonyl (C=O) groups excluding carboxylic acids is 1. The minimum Gasteiger partial charge on any atom is -0.497 e. The highest BCUT2D eigenvalue weighted by atomic mass is 35.5. The summed E-state index contributed by atoms with van der Waals surface area (Å²) in [6.45, 7) is 0. The number of ketones is 1. The summed E-state index contributed by atoms with van der Waals surface area (Å²) >= 11 is 6.27. The van der Waals surface area contributed by atoms with Gasteiger partial charge in [0, 0.05) is 22.6 Å². The van der Waals surface area contributed by atoms with Crippen LogP contribution >= 0.6 is 11.6 Å². The van der Waals surface area contributed by atoms with Crippen molar-refractivity contribution in [1.82, 2.24) is 5.01 Å². The highest BCUT2D eigenvalue weighted by Gasteiger charge is 2.43. The lowest BCUT2D eigenvalue weighted by Crippen LogP contribution is -2.45. The minimum atomic E-state index is -0.877. The second-order valence-electron chi connectivity index (χ2n) is 7.62. The summed E-state index contributed by atoms with van der Waals surface area (Å²) in [4.78, 5) is 13.4. The number of halogens is 1. The van der Waals surface area contributed by atoms with Crippen molar-refractivity contribution in [3.8, 4) is 17.2 Å². The van der Waals surface area contributed by atoms with Crippen molar-refractivity contribution < 1.29 is 19.0 Å². The molecule has 3 aromatic rings. The van der Waals surface area contributed by atoms with E-state index in [2.05, 4.69) is 0 Å². The highest BCUT2D eigenvalue weighted by Crippen LogP contribution is 2.44. The van der Waals surface area contributed by atoms with Crippen molar-refractivity contribution in [3.05, 3.63) is 88.4 Å². The zero-order valence-corrected chi connectivity index (χ0v) is 18.4. The predicted molar refractivity (Wildman–Crippen MR) is 122 cm³/mol. The molecule has 7 heteroatoms. The van der Waals surface area contributed by atoms with Crippen LogP contribution in [0.4, 0.5) is 0 Å². The standard InChI is InChI=1S/C25H21ClN2O4/c1-30-18-8-3-15(4-9-18)21-14-22-20-13-17(26)7-12-23(20)32-25(28(22)27-21)24(29)16-5-10-19(31-2)11-6-16/h3-13,22,25H,14H2,1-2H3/t22-,25-/m0/s1. The first-order valence-electron chi connectivity index (χ1n) is 10.2. The third-order valence-electron chi connectivity index (χ3n) is 5.77. The molecule has 5 rings (SSSR count). The Morgan fingerprint density at radius 1 is 1.00 bits per heavy atom. The van der Waals surface area contributed by atoms with E-state index in [0.717, 1.165) is 22.6 Å². The van der Waals surface area contributed by atoms with E-state index in [1.165, 1.54) is 0 Å². The second-order valence-corrected chi connectivity index (χ2v) is 8.06. The molecule has 0 radical (unpaired) electrons. The number of hydrogen-bond acceptors (Lipinski definition) is 6. The van der Waals surface area contributed by atoms with Crippen molar-refractivity contribution >= 4 is 23.1 Å². The van der Waals surface area contributed by atoms with Crippen molar-refractivity contribution in [3.63, 3.8) is 0 Å². The number of Topliss-reactive ketones (excluding diaryl/α,β-unsaturated/α-hetero) is 1. The van der Waals surface area contributed by atoms with E-state index >= 15 is 0 Å². The summed E-state index contributed by atoms with van der Waals surface area (Å²) in [5, 5.41) is 7.19. The second kappa shape index (κ2) is 8.20. The van der Waals surface area contributed by atoms with Gasteiger partial charge in [-0.3, -0.25) is 4.79 Å². The Balaban J connectivity index is 1.53. The van der Waals surface area contributed by atoms with Gasteiger partial charge in [0.05, 0.1) is 26.0 Å². The van der Waals surface area contributed by atoms with Gasteiger partial charge in [-0.05, 0) is 72.3 Å². The van der Waals surface area contributed by atoms with Crippen LogP contribution in [0.3, 0.4) is 0 Å². The topological polar surface area (TPSA) is 60.4 Å². The van der Waals surface area contributed by atoms with Crippen LogP contribution in [-0.4, -0.2) is 37.0 Å². The number of rotatable bonds is 5. The monoisotopic (exact) mass is 448 g/mol. The number of hydrazone groups is 1. The van der Waals surface area contributed by atoms with E-state index in [-0.39, 0.29) is 11.8 Å². The molecule has 0 unspecified atom stereocenters. The Morgan fingerprint density at radius 2 is 1.66 bits per heavy atom.